The van der Waals surface area contributed by atoms with Crippen LogP contribution < -0.4 is 0 Å². The molecule has 0 aliphatic carbocycles. The largest absolute Gasteiger partial charge is 0.339 e. The van der Waals surface area contributed by atoms with Crippen molar-refractivity contribution in [2.75, 3.05) is 33.2 Å². The molecule has 4 rings (SSSR count). The van der Waals surface area contributed by atoms with Crippen LogP contribution in [0, 0.1) is 5.92 Å². The van der Waals surface area contributed by atoms with Gasteiger partial charge in [-0.3, -0.25) is 19.6 Å². The predicted octanol–water partition coefficient (Wildman–Crippen LogP) is 2.87. The maximum Gasteiger partial charge on any atom is 0.227 e. The molecule has 2 fully saturated rings. The lowest BCUT2D eigenvalue weighted by Crippen LogP contribution is -2.50. The third kappa shape index (κ3) is 5.41. The van der Waals surface area contributed by atoms with E-state index in [1.165, 1.54) is 18.4 Å². The summed E-state index contributed by atoms with van der Waals surface area (Å²) in [5.74, 6) is 0.406. The quantitative estimate of drug-likeness (QED) is 0.729. The summed E-state index contributed by atoms with van der Waals surface area (Å²) in [6.45, 7) is 5.95. The van der Waals surface area contributed by atoms with Crippen molar-refractivity contribution in [1.29, 1.82) is 0 Å². The fourth-order valence-electron chi connectivity index (χ4n) is 4.65. The maximum absolute atomic E-state index is 13.0. The first kappa shape index (κ1) is 20.4. The minimum atomic E-state index is 0.128. The van der Waals surface area contributed by atoms with Gasteiger partial charge in [-0.2, -0.15) is 0 Å². The second kappa shape index (κ2) is 9.78. The summed E-state index contributed by atoms with van der Waals surface area (Å²) in [6.07, 6.45) is 10.1. The SMILES string of the molecule is CN(Cc1nccs1)C(=O)[C@H]1CCCN(C2CCN(Cc3ccncc3)CC2)C1. The molecule has 0 bridgehead atoms. The van der Waals surface area contributed by atoms with Gasteiger partial charge in [0.15, 0.2) is 0 Å². The van der Waals surface area contributed by atoms with Crippen LogP contribution in [0.5, 0.6) is 0 Å². The molecule has 0 radical (unpaired) electrons. The Morgan fingerprint density at radius 3 is 2.69 bits per heavy atom. The third-order valence-corrected chi connectivity index (χ3v) is 7.03. The highest BCUT2D eigenvalue weighted by Crippen LogP contribution is 2.26. The number of piperidine rings is 2. The summed E-state index contributed by atoms with van der Waals surface area (Å²) in [4.78, 5) is 28.4. The van der Waals surface area contributed by atoms with Gasteiger partial charge in [-0.25, -0.2) is 4.98 Å². The van der Waals surface area contributed by atoms with Crippen LogP contribution in [0.2, 0.25) is 0 Å². The number of carbonyl (C=O) groups excluding carboxylic acids is 1. The average Bonchev–Trinajstić information content (AvgIpc) is 3.27. The molecule has 2 aliphatic rings. The summed E-state index contributed by atoms with van der Waals surface area (Å²) in [7, 11) is 1.92. The number of nitrogens with zero attached hydrogens (tertiary/aromatic N) is 5. The van der Waals surface area contributed by atoms with Crippen molar-refractivity contribution in [2.24, 2.45) is 5.92 Å². The number of likely N-dealkylation sites (tertiary alicyclic amines) is 2. The number of hydrogen-bond acceptors (Lipinski definition) is 6. The van der Waals surface area contributed by atoms with Gasteiger partial charge in [-0.1, -0.05) is 0 Å². The number of pyridine rings is 1. The molecular formula is C22H31N5OS. The maximum atomic E-state index is 13.0. The lowest BCUT2D eigenvalue weighted by molar-refractivity contribution is -0.137. The monoisotopic (exact) mass is 413 g/mol. The van der Waals surface area contributed by atoms with E-state index in [0.717, 1.165) is 50.6 Å². The van der Waals surface area contributed by atoms with Gasteiger partial charge in [0.05, 0.1) is 12.5 Å². The second-order valence-corrected chi connectivity index (χ2v) is 9.30. The summed E-state index contributed by atoms with van der Waals surface area (Å²) in [5, 5.41) is 2.98. The van der Waals surface area contributed by atoms with E-state index < -0.39 is 0 Å². The first-order valence-electron chi connectivity index (χ1n) is 10.7. The lowest BCUT2D eigenvalue weighted by atomic mass is 9.93. The van der Waals surface area contributed by atoms with Crippen LogP contribution >= 0.6 is 11.3 Å². The first-order chi connectivity index (χ1) is 14.2. The molecule has 0 spiro atoms. The fraction of sp³-hybridized carbons (Fsp3) is 0.591. The number of aromatic nitrogens is 2. The smallest absolute Gasteiger partial charge is 0.227 e. The normalized spacial score (nSPS) is 21.9. The molecule has 1 atom stereocenters. The molecule has 156 valence electrons. The van der Waals surface area contributed by atoms with Crippen LogP contribution in [-0.4, -0.2) is 69.8 Å². The second-order valence-electron chi connectivity index (χ2n) is 8.32. The standard InChI is InChI=1S/C22H31N5OS/c1-25(17-21-24-10-14-29-21)22(28)19-3-2-11-27(16-19)20-6-12-26(13-7-20)15-18-4-8-23-9-5-18/h4-5,8-10,14,19-20H,2-3,6-7,11-13,15-17H2,1H3/t19-/m0/s1. The molecule has 0 N–H and O–H groups in total. The third-order valence-electron chi connectivity index (χ3n) is 6.26. The van der Waals surface area contributed by atoms with Crippen LogP contribution in [0.3, 0.4) is 0 Å². The molecule has 2 aliphatic heterocycles. The van der Waals surface area contributed by atoms with Gasteiger partial charge in [-0.05, 0) is 63.0 Å². The highest BCUT2D eigenvalue weighted by molar-refractivity contribution is 7.09. The Morgan fingerprint density at radius 1 is 1.17 bits per heavy atom. The Balaban J connectivity index is 1.26. The van der Waals surface area contributed by atoms with Crippen LogP contribution in [0.15, 0.2) is 36.1 Å². The van der Waals surface area contributed by atoms with E-state index in [4.69, 9.17) is 0 Å². The summed E-state index contributed by atoms with van der Waals surface area (Å²) in [5.41, 5.74) is 1.34. The van der Waals surface area contributed by atoms with Crippen molar-refractivity contribution in [3.63, 3.8) is 0 Å². The van der Waals surface area contributed by atoms with Crippen molar-refractivity contribution < 1.29 is 4.79 Å². The summed E-state index contributed by atoms with van der Waals surface area (Å²) in [6, 6.07) is 4.83. The molecule has 4 heterocycles. The molecule has 0 saturated carbocycles. The molecular weight excluding hydrogens is 382 g/mol. The van der Waals surface area contributed by atoms with E-state index in [0.29, 0.717) is 12.6 Å². The molecule has 0 unspecified atom stereocenters. The highest BCUT2D eigenvalue weighted by atomic mass is 32.1. The topological polar surface area (TPSA) is 52.6 Å². The molecule has 2 saturated heterocycles. The highest BCUT2D eigenvalue weighted by Gasteiger charge is 2.32. The zero-order valence-corrected chi connectivity index (χ0v) is 18.1. The van der Waals surface area contributed by atoms with Crippen molar-refractivity contribution in [1.82, 2.24) is 24.7 Å². The molecule has 29 heavy (non-hydrogen) atoms. The predicted molar refractivity (Wildman–Crippen MR) is 115 cm³/mol. The van der Waals surface area contributed by atoms with Gasteiger partial charge in [0.2, 0.25) is 5.91 Å². The van der Waals surface area contributed by atoms with E-state index in [-0.39, 0.29) is 11.8 Å². The van der Waals surface area contributed by atoms with Crippen molar-refractivity contribution in [2.45, 2.75) is 44.8 Å². The zero-order chi connectivity index (χ0) is 20.1. The van der Waals surface area contributed by atoms with E-state index in [1.54, 1.807) is 11.3 Å². The molecule has 2 aromatic heterocycles. The van der Waals surface area contributed by atoms with Crippen LogP contribution in [0.25, 0.3) is 0 Å². The Hall–Kier alpha value is -1.83. The van der Waals surface area contributed by atoms with Crippen LogP contribution in [0.4, 0.5) is 0 Å². The van der Waals surface area contributed by atoms with Crippen molar-refractivity contribution in [3.8, 4) is 0 Å². The van der Waals surface area contributed by atoms with E-state index in [2.05, 4.69) is 31.9 Å². The summed E-state index contributed by atoms with van der Waals surface area (Å²) >= 11 is 1.62. The number of rotatable bonds is 6. The van der Waals surface area contributed by atoms with E-state index >= 15 is 0 Å². The Kier molecular flexibility index (Phi) is 6.90. The zero-order valence-electron chi connectivity index (χ0n) is 17.2. The van der Waals surface area contributed by atoms with Crippen molar-refractivity contribution >= 4 is 17.2 Å². The Bertz CT molecular complexity index is 761. The van der Waals surface area contributed by atoms with Gasteiger partial charge >= 0.3 is 0 Å². The minimum Gasteiger partial charge on any atom is -0.339 e. The molecule has 1 amide bonds. The van der Waals surface area contributed by atoms with Crippen LogP contribution in [-0.2, 0) is 17.9 Å². The molecule has 7 heteroatoms. The fourth-order valence-corrected chi connectivity index (χ4v) is 5.32. The van der Waals surface area contributed by atoms with Gasteiger partial charge in [0.25, 0.3) is 0 Å². The average molecular weight is 414 g/mol. The van der Waals surface area contributed by atoms with E-state index in [1.807, 2.05) is 35.9 Å². The van der Waals surface area contributed by atoms with E-state index in [9.17, 15) is 4.79 Å². The number of amides is 1. The molecule has 0 aromatic carbocycles. The molecule has 2 aromatic rings. The van der Waals surface area contributed by atoms with Gasteiger partial charge in [0.1, 0.15) is 5.01 Å². The lowest BCUT2D eigenvalue weighted by Gasteiger charge is -2.42. The molecule has 6 nitrogen and oxygen atoms in total. The first-order valence-corrected chi connectivity index (χ1v) is 11.6. The summed E-state index contributed by atoms with van der Waals surface area (Å²) < 4.78 is 0. The van der Waals surface area contributed by atoms with Crippen LogP contribution in [0.1, 0.15) is 36.3 Å². The van der Waals surface area contributed by atoms with Gasteiger partial charge in [0, 0.05) is 50.1 Å². The number of thiazole rings is 1. The van der Waals surface area contributed by atoms with Crippen molar-refractivity contribution in [3.05, 3.63) is 46.7 Å². The minimum absolute atomic E-state index is 0.128. The Morgan fingerprint density at radius 2 is 1.97 bits per heavy atom. The number of hydrogen-bond donors (Lipinski definition) is 0. The van der Waals surface area contributed by atoms with Gasteiger partial charge < -0.3 is 4.90 Å². The Labute approximate surface area is 177 Å². The van der Waals surface area contributed by atoms with Gasteiger partial charge in [-0.15, -0.1) is 11.3 Å². The number of carbonyl (C=O) groups is 1.